The minimum absolute atomic E-state index is 0.225. The van der Waals surface area contributed by atoms with E-state index in [1.165, 1.54) is 12.1 Å². The molecular formula is C18H19F2NO. The van der Waals surface area contributed by atoms with Crippen molar-refractivity contribution in [2.24, 2.45) is 0 Å². The minimum Gasteiger partial charge on any atom is -0.451 e. The molecule has 0 radical (unpaired) electrons. The first-order valence-electron chi connectivity index (χ1n) is 7.22. The molecule has 0 aliphatic carbocycles. The largest absolute Gasteiger partial charge is 0.451 e. The number of rotatable bonds is 7. The highest BCUT2D eigenvalue weighted by Gasteiger charge is 2.20. The van der Waals surface area contributed by atoms with Gasteiger partial charge in [-0.25, -0.2) is 8.78 Å². The van der Waals surface area contributed by atoms with E-state index in [0.29, 0.717) is 24.3 Å². The fourth-order valence-electron chi connectivity index (χ4n) is 2.22. The minimum atomic E-state index is -0.719. The van der Waals surface area contributed by atoms with E-state index in [-0.39, 0.29) is 11.8 Å². The van der Waals surface area contributed by atoms with Crippen LogP contribution >= 0.6 is 0 Å². The molecule has 0 saturated carbocycles. The van der Waals surface area contributed by atoms with Gasteiger partial charge in [0.25, 0.3) is 0 Å². The van der Waals surface area contributed by atoms with Crippen molar-refractivity contribution in [1.82, 2.24) is 5.32 Å². The predicted molar refractivity (Wildman–Crippen MR) is 84.1 cm³/mol. The van der Waals surface area contributed by atoms with Gasteiger partial charge in [0, 0.05) is 18.2 Å². The molecule has 0 aliphatic heterocycles. The molecule has 0 heterocycles. The number of ether oxygens (including phenoxy) is 1. The van der Waals surface area contributed by atoms with Gasteiger partial charge < -0.3 is 10.1 Å². The van der Waals surface area contributed by atoms with E-state index < -0.39 is 11.6 Å². The fraction of sp³-hybridized carbons (Fsp3) is 0.222. The molecule has 1 atom stereocenters. The van der Waals surface area contributed by atoms with Crippen LogP contribution in [-0.4, -0.2) is 6.54 Å². The maximum atomic E-state index is 14.7. The van der Waals surface area contributed by atoms with Crippen LogP contribution < -0.4 is 10.1 Å². The van der Waals surface area contributed by atoms with Gasteiger partial charge in [0.1, 0.15) is 5.75 Å². The molecule has 0 aliphatic rings. The summed E-state index contributed by atoms with van der Waals surface area (Å²) in [5.41, 5.74) is 0.386. The van der Waals surface area contributed by atoms with Gasteiger partial charge in [0.05, 0.1) is 0 Å². The van der Waals surface area contributed by atoms with Crippen molar-refractivity contribution >= 4 is 0 Å². The molecule has 2 aromatic carbocycles. The Kier molecular flexibility index (Phi) is 5.67. The molecule has 4 heteroatoms. The van der Waals surface area contributed by atoms with Gasteiger partial charge in [-0.05, 0) is 24.6 Å². The lowest BCUT2D eigenvalue weighted by Crippen LogP contribution is -2.22. The van der Waals surface area contributed by atoms with Crippen LogP contribution in [0.2, 0.25) is 0 Å². The zero-order chi connectivity index (χ0) is 15.9. The smallest absolute Gasteiger partial charge is 0.198 e. The standard InChI is InChI=1S/C18H19F2NO/c1-3-12-21-16(4-2)14-10-11-15(19)18(17(14)20)22-13-8-6-5-7-9-13/h3,5-11,16,21H,1,4,12H2,2H3/t16-/m0/s1. The Bertz CT molecular complexity index is 628. The van der Waals surface area contributed by atoms with Gasteiger partial charge in [-0.2, -0.15) is 0 Å². The third kappa shape index (κ3) is 3.71. The molecule has 0 aromatic heterocycles. The molecule has 22 heavy (non-hydrogen) atoms. The molecule has 116 valence electrons. The molecule has 1 N–H and O–H groups in total. The van der Waals surface area contributed by atoms with Crippen molar-refractivity contribution in [3.8, 4) is 11.5 Å². The molecule has 2 rings (SSSR count). The van der Waals surface area contributed by atoms with Crippen LogP contribution in [-0.2, 0) is 0 Å². The van der Waals surface area contributed by atoms with Crippen molar-refractivity contribution in [3.63, 3.8) is 0 Å². The van der Waals surface area contributed by atoms with E-state index in [2.05, 4.69) is 11.9 Å². The Balaban J connectivity index is 2.34. The first-order valence-corrected chi connectivity index (χ1v) is 7.22. The van der Waals surface area contributed by atoms with Gasteiger partial charge in [0.15, 0.2) is 17.4 Å². The highest BCUT2D eigenvalue weighted by Crippen LogP contribution is 2.32. The van der Waals surface area contributed by atoms with Gasteiger partial charge >= 0.3 is 0 Å². The molecule has 0 amide bonds. The van der Waals surface area contributed by atoms with Crippen molar-refractivity contribution < 1.29 is 13.5 Å². The zero-order valence-electron chi connectivity index (χ0n) is 12.5. The van der Waals surface area contributed by atoms with E-state index in [4.69, 9.17) is 4.74 Å². The number of hydrogen-bond donors (Lipinski definition) is 1. The Morgan fingerprint density at radius 2 is 1.91 bits per heavy atom. The zero-order valence-corrected chi connectivity index (χ0v) is 12.5. The van der Waals surface area contributed by atoms with Crippen molar-refractivity contribution in [2.75, 3.05) is 6.54 Å². The van der Waals surface area contributed by atoms with Gasteiger partial charge in [-0.15, -0.1) is 6.58 Å². The highest BCUT2D eigenvalue weighted by molar-refractivity contribution is 5.38. The molecule has 2 nitrogen and oxygen atoms in total. The number of benzene rings is 2. The monoisotopic (exact) mass is 303 g/mol. The third-order valence-electron chi connectivity index (χ3n) is 3.33. The predicted octanol–water partition coefficient (Wildman–Crippen LogP) is 4.98. The molecule has 0 spiro atoms. The van der Waals surface area contributed by atoms with E-state index in [1.807, 2.05) is 13.0 Å². The van der Waals surface area contributed by atoms with Crippen LogP contribution in [0.25, 0.3) is 0 Å². The van der Waals surface area contributed by atoms with Crippen molar-refractivity contribution in [3.05, 3.63) is 72.3 Å². The first kappa shape index (κ1) is 16.2. The Morgan fingerprint density at radius 3 is 2.55 bits per heavy atom. The SMILES string of the molecule is C=CCN[C@@H](CC)c1ccc(F)c(Oc2ccccc2)c1F. The van der Waals surface area contributed by atoms with Gasteiger partial charge in [-0.3, -0.25) is 0 Å². The molecular weight excluding hydrogens is 284 g/mol. The second-order valence-corrected chi connectivity index (χ2v) is 4.85. The summed E-state index contributed by atoms with van der Waals surface area (Å²) in [7, 11) is 0. The average molecular weight is 303 g/mol. The molecule has 0 fully saturated rings. The Hall–Kier alpha value is -2.20. The number of nitrogens with one attached hydrogen (secondary N) is 1. The second kappa shape index (κ2) is 7.71. The summed E-state index contributed by atoms with van der Waals surface area (Å²) in [6.07, 6.45) is 2.37. The Labute approximate surface area is 129 Å². The Morgan fingerprint density at radius 1 is 1.18 bits per heavy atom. The van der Waals surface area contributed by atoms with Crippen LogP contribution in [0.4, 0.5) is 8.78 Å². The lowest BCUT2D eigenvalue weighted by Gasteiger charge is -2.19. The van der Waals surface area contributed by atoms with E-state index in [1.54, 1.807) is 30.3 Å². The molecule has 2 aromatic rings. The van der Waals surface area contributed by atoms with Crippen molar-refractivity contribution in [1.29, 1.82) is 0 Å². The molecule has 0 bridgehead atoms. The number of hydrogen-bond acceptors (Lipinski definition) is 2. The summed E-state index contributed by atoms with van der Waals surface area (Å²) in [6, 6.07) is 11.1. The van der Waals surface area contributed by atoms with Crippen molar-refractivity contribution in [2.45, 2.75) is 19.4 Å². The van der Waals surface area contributed by atoms with Crippen LogP contribution in [0.5, 0.6) is 11.5 Å². The maximum Gasteiger partial charge on any atom is 0.198 e. The second-order valence-electron chi connectivity index (χ2n) is 4.85. The lowest BCUT2D eigenvalue weighted by atomic mass is 10.0. The van der Waals surface area contributed by atoms with E-state index >= 15 is 0 Å². The van der Waals surface area contributed by atoms with Crippen LogP contribution in [0.1, 0.15) is 24.9 Å². The number of halogens is 2. The van der Waals surface area contributed by atoms with Crippen LogP contribution in [0.15, 0.2) is 55.1 Å². The summed E-state index contributed by atoms with van der Waals surface area (Å²) in [6.45, 7) is 6.11. The van der Waals surface area contributed by atoms with Crippen LogP contribution in [0.3, 0.4) is 0 Å². The first-order chi connectivity index (χ1) is 10.7. The highest BCUT2D eigenvalue weighted by atomic mass is 19.1. The molecule has 0 saturated heterocycles. The van der Waals surface area contributed by atoms with E-state index in [9.17, 15) is 8.78 Å². The summed E-state index contributed by atoms with van der Waals surface area (Å²) in [5.74, 6) is -1.37. The van der Waals surface area contributed by atoms with Gasteiger partial charge in [0.2, 0.25) is 0 Å². The summed E-state index contributed by atoms with van der Waals surface area (Å²) < 4.78 is 34.0. The average Bonchev–Trinajstić information content (AvgIpc) is 2.54. The summed E-state index contributed by atoms with van der Waals surface area (Å²) >= 11 is 0. The van der Waals surface area contributed by atoms with Crippen LogP contribution in [0, 0.1) is 11.6 Å². The summed E-state index contributed by atoms with van der Waals surface area (Å²) in [5, 5.41) is 3.15. The van der Waals surface area contributed by atoms with Gasteiger partial charge in [-0.1, -0.05) is 37.3 Å². The quantitative estimate of drug-likeness (QED) is 0.728. The topological polar surface area (TPSA) is 21.3 Å². The third-order valence-corrected chi connectivity index (χ3v) is 3.33. The fourth-order valence-corrected chi connectivity index (χ4v) is 2.22. The normalized spacial score (nSPS) is 12.0. The maximum absolute atomic E-state index is 14.7. The van der Waals surface area contributed by atoms with E-state index in [0.717, 1.165) is 0 Å². The number of para-hydroxylation sites is 1. The molecule has 0 unspecified atom stereocenters. The lowest BCUT2D eigenvalue weighted by molar-refractivity contribution is 0.396. The summed E-state index contributed by atoms with van der Waals surface area (Å²) in [4.78, 5) is 0.